The van der Waals surface area contributed by atoms with Gasteiger partial charge in [-0.2, -0.15) is 0 Å². The normalized spacial score (nSPS) is 18.9. The van der Waals surface area contributed by atoms with E-state index in [1.807, 2.05) is 0 Å². The summed E-state index contributed by atoms with van der Waals surface area (Å²) >= 11 is 13.2. The van der Waals surface area contributed by atoms with Gasteiger partial charge < -0.3 is 0 Å². The van der Waals surface area contributed by atoms with E-state index >= 15 is 0 Å². The number of allylic oxidation sites excluding steroid dienone is 2. The highest BCUT2D eigenvalue weighted by atomic mass is 35.5. The Kier molecular flexibility index (Phi) is 5.51. The van der Waals surface area contributed by atoms with E-state index in [1.54, 1.807) is 11.1 Å². The molecule has 1 aliphatic rings. The summed E-state index contributed by atoms with van der Waals surface area (Å²) in [5.74, 6) is 0. The van der Waals surface area contributed by atoms with Crippen molar-refractivity contribution in [2.45, 2.75) is 10.8 Å². The van der Waals surface area contributed by atoms with Crippen molar-refractivity contribution in [3.05, 3.63) is 166 Å². The third-order valence-electron chi connectivity index (χ3n) is 6.71. The Bertz CT molecular complexity index is 1080. The summed E-state index contributed by atoms with van der Waals surface area (Å²) in [6.45, 7) is 0. The Morgan fingerprint density at radius 3 is 0.781 bits per heavy atom. The minimum absolute atomic E-state index is 0.555. The molecule has 0 unspecified atom stereocenters. The quantitative estimate of drug-likeness (QED) is 0.292. The van der Waals surface area contributed by atoms with E-state index in [0.717, 1.165) is 11.1 Å². The summed E-state index contributed by atoms with van der Waals surface area (Å²) in [5.41, 5.74) is 9.03. The Morgan fingerprint density at radius 1 is 0.375 bits per heavy atom. The van der Waals surface area contributed by atoms with Crippen molar-refractivity contribution in [2.75, 3.05) is 0 Å². The Balaban J connectivity index is 2.01. The molecule has 0 amide bonds. The molecule has 0 spiro atoms. The van der Waals surface area contributed by atoms with Gasteiger partial charge in [-0.05, 0) is 33.4 Å². The van der Waals surface area contributed by atoms with Crippen LogP contribution in [0.25, 0.3) is 0 Å². The first-order valence-corrected chi connectivity index (χ1v) is 11.5. The molecule has 1 saturated carbocycles. The van der Waals surface area contributed by atoms with E-state index in [2.05, 4.69) is 121 Å². The predicted molar refractivity (Wildman–Crippen MR) is 135 cm³/mol. The van der Waals surface area contributed by atoms with Crippen LogP contribution in [-0.4, -0.2) is 0 Å². The molecular formula is C30H22Cl2. The number of benzene rings is 4. The Labute approximate surface area is 199 Å². The number of hydrogen-bond acceptors (Lipinski definition) is 0. The van der Waals surface area contributed by atoms with Crippen molar-refractivity contribution in [1.82, 2.24) is 0 Å². The zero-order chi connectivity index (χ0) is 22.0. The highest BCUT2D eigenvalue weighted by Gasteiger charge is 2.68. The van der Waals surface area contributed by atoms with Crippen LogP contribution < -0.4 is 0 Å². The van der Waals surface area contributed by atoms with Gasteiger partial charge in [0.25, 0.3) is 0 Å². The molecule has 156 valence electrons. The van der Waals surface area contributed by atoms with Crippen LogP contribution in [0.5, 0.6) is 0 Å². The molecule has 32 heavy (non-hydrogen) atoms. The lowest BCUT2D eigenvalue weighted by molar-refractivity contribution is 0.337. The molecule has 1 fully saturated rings. The molecule has 0 N–H and O–H groups in total. The monoisotopic (exact) mass is 452 g/mol. The van der Waals surface area contributed by atoms with Crippen molar-refractivity contribution < 1.29 is 0 Å². The summed E-state index contributed by atoms with van der Waals surface area (Å²) < 4.78 is 0. The maximum atomic E-state index is 6.60. The fourth-order valence-electron chi connectivity index (χ4n) is 5.60. The highest BCUT2D eigenvalue weighted by molar-refractivity contribution is 6.28. The standard InChI is InChI=1S/C30H22Cl2/c31-21-27-28(22-32)30(25-17-9-3-10-18-25,26-19-11-4-12-20-26)29(27,23-13-5-1-6-14-23)24-15-7-2-8-16-24/h1-22H/b27-21-,28-22+. The van der Waals surface area contributed by atoms with Crippen LogP contribution in [0, 0.1) is 0 Å². The molecule has 0 aromatic heterocycles. The van der Waals surface area contributed by atoms with Gasteiger partial charge in [-0.1, -0.05) is 145 Å². The maximum absolute atomic E-state index is 6.60. The molecule has 4 aromatic carbocycles. The molecule has 5 rings (SSSR count). The highest BCUT2D eigenvalue weighted by Crippen LogP contribution is 2.71. The summed E-state index contributed by atoms with van der Waals surface area (Å²) in [6, 6.07) is 42.5. The van der Waals surface area contributed by atoms with Gasteiger partial charge in [-0.3, -0.25) is 0 Å². The molecule has 0 atom stereocenters. The molecule has 0 bridgehead atoms. The zero-order valence-electron chi connectivity index (χ0n) is 17.5. The first-order valence-electron chi connectivity index (χ1n) is 10.7. The van der Waals surface area contributed by atoms with Gasteiger partial charge in [-0.15, -0.1) is 0 Å². The predicted octanol–water partition coefficient (Wildman–Crippen LogP) is 8.22. The summed E-state index contributed by atoms with van der Waals surface area (Å²) in [7, 11) is 0. The smallest absolute Gasteiger partial charge is 0.0641 e. The van der Waals surface area contributed by atoms with Gasteiger partial charge in [-0.25, -0.2) is 0 Å². The lowest BCUT2D eigenvalue weighted by Crippen LogP contribution is -2.63. The molecule has 0 radical (unpaired) electrons. The molecule has 0 heterocycles. The number of rotatable bonds is 4. The van der Waals surface area contributed by atoms with Gasteiger partial charge >= 0.3 is 0 Å². The van der Waals surface area contributed by atoms with Gasteiger partial charge in [0.2, 0.25) is 0 Å². The fourth-order valence-corrected chi connectivity index (χ4v) is 6.16. The van der Waals surface area contributed by atoms with E-state index in [0.29, 0.717) is 0 Å². The largest absolute Gasteiger partial charge is 0.0926 e. The lowest BCUT2D eigenvalue weighted by atomic mass is 9.36. The van der Waals surface area contributed by atoms with E-state index < -0.39 is 10.8 Å². The second-order valence-electron chi connectivity index (χ2n) is 8.01. The van der Waals surface area contributed by atoms with Crippen LogP contribution in [0.2, 0.25) is 0 Å². The maximum Gasteiger partial charge on any atom is 0.0641 e. The van der Waals surface area contributed by atoms with E-state index in [-0.39, 0.29) is 0 Å². The second-order valence-corrected chi connectivity index (χ2v) is 8.45. The average molecular weight is 453 g/mol. The molecule has 2 heteroatoms. The van der Waals surface area contributed by atoms with E-state index in [9.17, 15) is 0 Å². The van der Waals surface area contributed by atoms with Gasteiger partial charge in [0, 0.05) is 11.1 Å². The van der Waals surface area contributed by atoms with Crippen molar-refractivity contribution in [2.24, 2.45) is 0 Å². The molecule has 0 saturated heterocycles. The minimum atomic E-state index is -0.555. The molecule has 0 aliphatic heterocycles. The van der Waals surface area contributed by atoms with Crippen LogP contribution in [0.3, 0.4) is 0 Å². The fraction of sp³-hybridized carbons (Fsp3) is 0.0667. The minimum Gasteiger partial charge on any atom is -0.0926 e. The van der Waals surface area contributed by atoms with Crippen molar-refractivity contribution >= 4 is 23.2 Å². The molecular weight excluding hydrogens is 431 g/mol. The van der Waals surface area contributed by atoms with Crippen LogP contribution in [0.15, 0.2) is 144 Å². The summed E-state index contributed by atoms with van der Waals surface area (Å²) in [6.07, 6.45) is 0. The van der Waals surface area contributed by atoms with Crippen LogP contribution in [0.4, 0.5) is 0 Å². The topological polar surface area (TPSA) is 0 Å². The number of hydrogen-bond donors (Lipinski definition) is 0. The van der Waals surface area contributed by atoms with Gasteiger partial charge in [0.05, 0.1) is 10.8 Å². The average Bonchev–Trinajstić information content (AvgIpc) is 2.87. The first kappa shape index (κ1) is 20.8. The third kappa shape index (κ3) is 2.70. The summed E-state index contributed by atoms with van der Waals surface area (Å²) in [4.78, 5) is 0. The van der Waals surface area contributed by atoms with Crippen LogP contribution in [0.1, 0.15) is 22.3 Å². The first-order chi connectivity index (χ1) is 15.8. The Hall–Kier alpha value is -3.06. The lowest BCUT2D eigenvalue weighted by Gasteiger charge is -2.64. The number of halogens is 2. The van der Waals surface area contributed by atoms with Crippen molar-refractivity contribution in [3.63, 3.8) is 0 Å². The van der Waals surface area contributed by atoms with Crippen LogP contribution in [-0.2, 0) is 10.8 Å². The molecule has 0 nitrogen and oxygen atoms in total. The second kappa shape index (κ2) is 8.47. The Morgan fingerprint density at radius 2 is 0.594 bits per heavy atom. The molecule has 1 aliphatic carbocycles. The van der Waals surface area contributed by atoms with Crippen molar-refractivity contribution in [3.8, 4) is 0 Å². The van der Waals surface area contributed by atoms with Crippen molar-refractivity contribution in [1.29, 1.82) is 0 Å². The van der Waals surface area contributed by atoms with E-state index in [1.165, 1.54) is 22.3 Å². The SMILES string of the molecule is Cl/C=C1\C(=C\Cl)C(c2ccccc2)(c2ccccc2)C1(c1ccccc1)c1ccccc1. The van der Waals surface area contributed by atoms with Gasteiger partial charge in [0.15, 0.2) is 0 Å². The van der Waals surface area contributed by atoms with Crippen LogP contribution >= 0.6 is 23.2 Å². The van der Waals surface area contributed by atoms with Gasteiger partial charge in [0.1, 0.15) is 0 Å². The summed E-state index contributed by atoms with van der Waals surface area (Å²) in [5, 5.41) is 0. The third-order valence-corrected chi connectivity index (χ3v) is 7.14. The molecule has 4 aromatic rings. The van der Waals surface area contributed by atoms with E-state index in [4.69, 9.17) is 23.2 Å². The zero-order valence-corrected chi connectivity index (χ0v) is 19.0.